The molecule has 5 heteroatoms. The van der Waals surface area contributed by atoms with Crippen LogP contribution in [0.5, 0.6) is 0 Å². The molecule has 1 aliphatic heterocycles. The largest absolute Gasteiger partial charge is 0.465 e. The monoisotopic (exact) mass is 301 g/mol. The van der Waals surface area contributed by atoms with Crippen molar-refractivity contribution in [1.82, 2.24) is 5.32 Å². The second kappa shape index (κ2) is 5.65. The van der Waals surface area contributed by atoms with E-state index in [2.05, 4.69) is 5.32 Å². The van der Waals surface area contributed by atoms with Gasteiger partial charge in [-0.25, -0.2) is 0 Å². The number of benzene rings is 1. The van der Waals surface area contributed by atoms with Crippen molar-refractivity contribution >= 4 is 17.5 Å². The zero-order valence-corrected chi connectivity index (χ0v) is 12.6. The number of ketones is 2. The molecule has 0 radical (unpaired) electrons. The fourth-order valence-corrected chi connectivity index (χ4v) is 3.63. The Balaban J connectivity index is 1.98. The van der Waals surface area contributed by atoms with Crippen LogP contribution in [0.3, 0.4) is 0 Å². The number of nitrogens with one attached hydrogen (secondary N) is 1. The van der Waals surface area contributed by atoms with Crippen LogP contribution in [0.25, 0.3) is 0 Å². The van der Waals surface area contributed by atoms with E-state index in [-0.39, 0.29) is 24.2 Å². The third-order valence-electron chi connectivity index (χ3n) is 4.67. The molecule has 0 aromatic heterocycles. The Hall–Kier alpha value is -2.01. The minimum atomic E-state index is -0.739. The fraction of sp³-hybridized carbons (Fsp3) is 0.471. The van der Waals surface area contributed by atoms with E-state index in [9.17, 15) is 14.4 Å². The van der Waals surface area contributed by atoms with E-state index in [1.54, 1.807) is 13.8 Å². The number of hydrogen-bond acceptors (Lipinski definition) is 5. The SMILES string of the molecule is CCOC(=O)[C@@H]1N[C@H](c2ccccc2)[C@@H]2C(=O)C(C)C(=O)[C@@H]21. The van der Waals surface area contributed by atoms with Crippen LogP contribution in [-0.2, 0) is 19.1 Å². The number of fused-ring (bicyclic) bond motifs is 1. The van der Waals surface area contributed by atoms with E-state index in [1.165, 1.54) is 0 Å². The number of Topliss-reactive ketones (excluding diaryl/α,β-unsaturated/α-hetero) is 2. The third-order valence-corrected chi connectivity index (χ3v) is 4.67. The van der Waals surface area contributed by atoms with E-state index in [0.29, 0.717) is 0 Å². The Morgan fingerprint density at radius 3 is 2.41 bits per heavy atom. The highest BCUT2D eigenvalue weighted by Gasteiger charge is 2.60. The van der Waals surface area contributed by atoms with Crippen molar-refractivity contribution < 1.29 is 19.1 Å². The minimum absolute atomic E-state index is 0.0804. The molecule has 116 valence electrons. The predicted molar refractivity (Wildman–Crippen MR) is 78.9 cm³/mol. The average molecular weight is 301 g/mol. The number of hydrogen-bond donors (Lipinski definition) is 1. The number of esters is 1. The van der Waals surface area contributed by atoms with Gasteiger partial charge in [-0.2, -0.15) is 0 Å². The molecular weight excluding hydrogens is 282 g/mol. The van der Waals surface area contributed by atoms with E-state index in [4.69, 9.17) is 4.74 Å². The van der Waals surface area contributed by atoms with Gasteiger partial charge in [0.2, 0.25) is 0 Å². The molecule has 1 N–H and O–H groups in total. The lowest BCUT2D eigenvalue weighted by atomic mass is 9.86. The lowest BCUT2D eigenvalue weighted by molar-refractivity contribution is -0.148. The van der Waals surface area contributed by atoms with Crippen LogP contribution in [0, 0.1) is 17.8 Å². The zero-order valence-electron chi connectivity index (χ0n) is 12.6. The topological polar surface area (TPSA) is 72.5 Å². The maximum absolute atomic E-state index is 12.5. The van der Waals surface area contributed by atoms with Crippen LogP contribution in [0.15, 0.2) is 30.3 Å². The molecule has 5 nitrogen and oxygen atoms in total. The standard InChI is InChI=1S/C17H19NO4/c1-3-22-17(21)14-12-11(15(19)9(2)16(12)20)13(18-14)10-7-5-4-6-8-10/h4-9,11-14,18H,3H2,1-2H3/t9?,11-,12+,13-,14-/m1/s1. The number of carbonyl (C=O) groups excluding carboxylic acids is 3. The average Bonchev–Trinajstić information content (AvgIpc) is 3.02. The van der Waals surface area contributed by atoms with Crippen LogP contribution in [-0.4, -0.2) is 30.2 Å². The summed E-state index contributed by atoms with van der Waals surface area (Å²) in [6, 6.07) is 8.41. The van der Waals surface area contributed by atoms with Crippen molar-refractivity contribution in [3.05, 3.63) is 35.9 Å². The first-order chi connectivity index (χ1) is 10.6. The minimum Gasteiger partial charge on any atom is -0.465 e. The Labute approximate surface area is 129 Å². The van der Waals surface area contributed by atoms with E-state index in [1.807, 2.05) is 30.3 Å². The normalized spacial score (nSPS) is 33.8. The van der Waals surface area contributed by atoms with Crippen LogP contribution in [0.1, 0.15) is 25.5 Å². The molecule has 3 rings (SSSR count). The summed E-state index contributed by atoms with van der Waals surface area (Å²) >= 11 is 0. The van der Waals surface area contributed by atoms with E-state index < -0.39 is 29.8 Å². The Kier molecular flexibility index (Phi) is 3.83. The molecule has 22 heavy (non-hydrogen) atoms. The zero-order chi connectivity index (χ0) is 15.9. The molecule has 1 saturated carbocycles. The lowest BCUT2D eigenvalue weighted by Crippen LogP contribution is -2.41. The summed E-state index contributed by atoms with van der Waals surface area (Å²) in [7, 11) is 0. The van der Waals surface area contributed by atoms with Crippen molar-refractivity contribution in [2.24, 2.45) is 17.8 Å². The molecule has 0 spiro atoms. The molecule has 1 aliphatic carbocycles. The number of rotatable bonds is 3. The Bertz CT molecular complexity index is 612. The molecule has 1 heterocycles. The van der Waals surface area contributed by atoms with E-state index in [0.717, 1.165) is 5.56 Å². The molecule has 1 aromatic rings. The summed E-state index contributed by atoms with van der Waals surface area (Å²) in [6.45, 7) is 3.61. The molecule has 1 aromatic carbocycles. The first kappa shape index (κ1) is 14.9. The maximum Gasteiger partial charge on any atom is 0.323 e. The molecule has 1 unspecified atom stereocenters. The highest BCUT2D eigenvalue weighted by atomic mass is 16.5. The Morgan fingerprint density at radius 1 is 1.14 bits per heavy atom. The summed E-state index contributed by atoms with van der Waals surface area (Å²) in [5, 5.41) is 3.16. The summed E-state index contributed by atoms with van der Waals surface area (Å²) in [5.41, 5.74) is 0.916. The fourth-order valence-electron chi connectivity index (χ4n) is 3.63. The predicted octanol–water partition coefficient (Wildman–Crippen LogP) is 1.28. The van der Waals surface area contributed by atoms with Crippen molar-refractivity contribution in [1.29, 1.82) is 0 Å². The quantitative estimate of drug-likeness (QED) is 0.672. The van der Waals surface area contributed by atoms with Crippen LogP contribution in [0.4, 0.5) is 0 Å². The van der Waals surface area contributed by atoms with Gasteiger partial charge in [-0.3, -0.25) is 19.7 Å². The van der Waals surface area contributed by atoms with Crippen molar-refractivity contribution in [2.45, 2.75) is 25.9 Å². The van der Waals surface area contributed by atoms with Crippen LogP contribution < -0.4 is 5.32 Å². The first-order valence-corrected chi connectivity index (χ1v) is 7.61. The van der Waals surface area contributed by atoms with Crippen LogP contribution in [0.2, 0.25) is 0 Å². The lowest BCUT2D eigenvalue weighted by Gasteiger charge is -2.18. The summed E-state index contributed by atoms with van der Waals surface area (Å²) in [6.07, 6.45) is 0. The van der Waals surface area contributed by atoms with Gasteiger partial charge in [-0.1, -0.05) is 30.3 Å². The maximum atomic E-state index is 12.5. The van der Waals surface area contributed by atoms with Crippen molar-refractivity contribution in [2.75, 3.05) is 6.61 Å². The van der Waals surface area contributed by atoms with Gasteiger partial charge in [-0.05, 0) is 19.4 Å². The summed E-state index contributed by atoms with van der Waals surface area (Å²) in [5.74, 6) is -2.43. The highest BCUT2D eigenvalue weighted by molar-refractivity contribution is 6.13. The molecule has 1 saturated heterocycles. The van der Waals surface area contributed by atoms with Gasteiger partial charge in [0.1, 0.15) is 17.6 Å². The Morgan fingerprint density at radius 2 is 1.77 bits per heavy atom. The third kappa shape index (κ3) is 2.16. The van der Waals surface area contributed by atoms with Gasteiger partial charge < -0.3 is 4.74 Å². The van der Waals surface area contributed by atoms with Gasteiger partial charge >= 0.3 is 5.97 Å². The van der Waals surface area contributed by atoms with Gasteiger partial charge in [0.15, 0.2) is 0 Å². The van der Waals surface area contributed by atoms with Gasteiger partial charge in [-0.15, -0.1) is 0 Å². The van der Waals surface area contributed by atoms with Gasteiger partial charge in [0.25, 0.3) is 0 Å². The van der Waals surface area contributed by atoms with Gasteiger partial charge in [0, 0.05) is 12.0 Å². The summed E-state index contributed by atoms with van der Waals surface area (Å²) in [4.78, 5) is 37.1. The first-order valence-electron chi connectivity index (χ1n) is 7.61. The van der Waals surface area contributed by atoms with Crippen molar-refractivity contribution in [3.8, 4) is 0 Å². The van der Waals surface area contributed by atoms with Crippen LogP contribution >= 0.6 is 0 Å². The van der Waals surface area contributed by atoms with Crippen molar-refractivity contribution in [3.63, 3.8) is 0 Å². The molecular formula is C17H19NO4. The number of carbonyl (C=O) groups is 3. The summed E-state index contributed by atoms with van der Waals surface area (Å²) < 4.78 is 5.07. The molecule has 2 fully saturated rings. The second-order valence-corrected chi connectivity index (χ2v) is 5.86. The molecule has 2 aliphatic rings. The van der Waals surface area contributed by atoms with E-state index >= 15 is 0 Å². The smallest absolute Gasteiger partial charge is 0.323 e. The second-order valence-electron chi connectivity index (χ2n) is 5.86. The molecule has 0 amide bonds. The number of ether oxygens (including phenoxy) is 1. The van der Waals surface area contributed by atoms with Gasteiger partial charge in [0.05, 0.1) is 18.4 Å². The molecule has 5 atom stereocenters. The highest BCUT2D eigenvalue weighted by Crippen LogP contribution is 2.45. The molecule has 0 bridgehead atoms.